The fourth-order valence-corrected chi connectivity index (χ4v) is 1.34. The fraction of sp³-hybridized carbons (Fsp3) is 0.417. The van der Waals surface area contributed by atoms with E-state index in [0.29, 0.717) is 19.1 Å². The number of halogens is 1. The van der Waals surface area contributed by atoms with E-state index in [1.807, 2.05) is 0 Å². The molecule has 0 aliphatic heterocycles. The molecule has 0 atom stereocenters. The number of ether oxygens (including phenoxy) is 1. The van der Waals surface area contributed by atoms with E-state index in [1.165, 1.54) is 12.1 Å². The van der Waals surface area contributed by atoms with E-state index >= 15 is 0 Å². The second kappa shape index (κ2) is 8.43. The first-order chi connectivity index (χ1) is 8.76. The quantitative estimate of drug-likeness (QED) is 0.230. The highest BCUT2D eigenvalue weighted by Gasteiger charge is 1.96. The van der Waals surface area contributed by atoms with Crippen LogP contribution >= 0.6 is 0 Å². The van der Waals surface area contributed by atoms with Gasteiger partial charge in [-0.15, -0.1) is 0 Å². The zero-order chi connectivity index (χ0) is 13.2. The molecule has 0 saturated heterocycles. The van der Waals surface area contributed by atoms with Crippen LogP contribution in [-0.2, 0) is 11.3 Å². The summed E-state index contributed by atoms with van der Waals surface area (Å²) in [5.41, 5.74) is 3.40. The van der Waals surface area contributed by atoms with Crippen molar-refractivity contribution < 1.29 is 9.13 Å². The molecule has 5 nitrogen and oxygen atoms in total. The molecule has 4 N–H and O–H groups in total. The van der Waals surface area contributed by atoms with Gasteiger partial charge in [0.2, 0.25) is 5.96 Å². The molecule has 0 aromatic heterocycles. The van der Waals surface area contributed by atoms with E-state index < -0.39 is 0 Å². The van der Waals surface area contributed by atoms with Gasteiger partial charge in [0.25, 0.3) is 0 Å². The number of methoxy groups -OCH3 is 1. The predicted molar refractivity (Wildman–Crippen MR) is 69.4 cm³/mol. The Bertz CT molecular complexity index is 367. The molecular weight excluding hydrogens is 235 g/mol. The highest BCUT2D eigenvalue weighted by Crippen LogP contribution is 2.03. The van der Waals surface area contributed by atoms with Gasteiger partial charge in [0.15, 0.2) is 0 Å². The first-order valence-electron chi connectivity index (χ1n) is 5.74. The molecule has 1 rings (SSSR count). The molecule has 6 heteroatoms. The highest BCUT2D eigenvalue weighted by atomic mass is 19.1. The largest absolute Gasteiger partial charge is 0.385 e. The zero-order valence-electron chi connectivity index (χ0n) is 10.4. The third kappa shape index (κ3) is 5.60. The van der Waals surface area contributed by atoms with E-state index in [4.69, 9.17) is 10.6 Å². The molecule has 100 valence electrons. The van der Waals surface area contributed by atoms with Crippen LogP contribution in [0.3, 0.4) is 0 Å². The fourth-order valence-electron chi connectivity index (χ4n) is 1.34. The van der Waals surface area contributed by atoms with Gasteiger partial charge in [0, 0.05) is 20.3 Å². The summed E-state index contributed by atoms with van der Waals surface area (Å²) < 4.78 is 17.6. The molecule has 0 amide bonds. The summed E-state index contributed by atoms with van der Waals surface area (Å²) in [6, 6.07) is 6.20. The molecule has 0 spiro atoms. The molecule has 0 heterocycles. The molecule has 18 heavy (non-hydrogen) atoms. The van der Waals surface area contributed by atoms with Crippen molar-refractivity contribution in [3.05, 3.63) is 35.6 Å². The minimum atomic E-state index is -0.252. The Balaban J connectivity index is 2.39. The van der Waals surface area contributed by atoms with Crippen molar-refractivity contribution in [3.63, 3.8) is 0 Å². The molecule has 0 saturated carbocycles. The number of nitrogens with zero attached hydrogens (tertiary/aromatic N) is 1. The number of hydrazine groups is 1. The van der Waals surface area contributed by atoms with Crippen molar-refractivity contribution in [3.8, 4) is 0 Å². The van der Waals surface area contributed by atoms with Crippen LogP contribution in [0.5, 0.6) is 0 Å². The molecule has 0 unspecified atom stereocenters. The van der Waals surface area contributed by atoms with Gasteiger partial charge in [-0.05, 0) is 24.1 Å². The van der Waals surface area contributed by atoms with Gasteiger partial charge in [-0.25, -0.2) is 15.2 Å². The first-order valence-corrected chi connectivity index (χ1v) is 5.74. The first kappa shape index (κ1) is 14.4. The van der Waals surface area contributed by atoms with Crippen LogP contribution < -0.4 is 16.6 Å². The number of hydrogen-bond donors (Lipinski definition) is 3. The molecule has 0 aliphatic rings. The van der Waals surface area contributed by atoms with E-state index in [0.717, 1.165) is 18.5 Å². The van der Waals surface area contributed by atoms with Crippen LogP contribution in [0.1, 0.15) is 12.0 Å². The van der Waals surface area contributed by atoms with E-state index in [1.54, 1.807) is 19.2 Å². The Morgan fingerprint density at radius 2 is 2.11 bits per heavy atom. The van der Waals surface area contributed by atoms with Crippen LogP contribution in [0.15, 0.2) is 29.3 Å². The Kier molecular flexibility index (Phi) is 6.75. The van der Waals surface area contributed by atoms with Crippen LogP contribution in [0.2, 0.25) is 0 Å². The Labute approximate surface area is 106 Å². The second-order valence-electron chi connectivity index (χ2n) is 3.71. The summed E-state index contributed by atoms with van der Waals surface area (Å²) >= 11 is 0. The molecule has 1 aromatic rings. The molecule has 0 fully saturated rings. The maximum atomic E-state index is 12.7. The number of aliphatic imine (C=N–C) groups is 1. The molecule has 1 aromatic carbocycles. The lowest BCUT2D eigenvalue weighted by Crippen LogP contribution is -2.42. The normalized spacial score (nSPS) is 11.4. The monoisotopic (exact) mass is 254 g/mol. The molecule has 0 bridgehead atoms. The van der Waals surface area contributed by atoms with Gasteiger partial charge in [0.1, 0.15) is 5.82 Å². The lowest BCUT2D eigenvalue weighted by atomic mass is 10.2. The summed E-state index contributed by atoms with van der Waals surface area (Å²) in [6.45, 7) is 1.85. The van der Waals surface area contributed by atoms with Crippen LogP contribution in [-0.4, -0.2) is 26.2 Å². The van der Waals surface area contributed by atoms with Gasteiger partial charge >= 0.3 is 0 Å². The standard InChI is InChI=1S/C12H19FN4O/c1-18-8-2-7-15-12(17-14)16-9-10-3-5-11(13)6-4-10/h3-6H,2,7-9,14H2,1H3,(H2,15,16,17). The maximum absolute atomic E-state index is 12.7. The average molecular weight is 254 g/mol. The lowest BCUT2D eigenvalue weighted by molar-refractivity contribution is 0.195. The average Bonchev–Trinajstić information content (AvgIpc) is 2.40. The zero-order valence-corrected chi connectivity index (χ0v) is 10.4. The third-order valence-electron chi connectivity index (χ3n) is 2.29. The Morgan fingerprint density at radius 3 is 2.72 bits per heavy atom. The minimum absolute atomic E-state index is 0.252. The van der Waals surface area contributed by atoms with Crippen molar-refractivity contribution >= 4 is 5.96 Å². The van der Waals surface area contributed by atoms with Gasteiger partial charge in [-0.2, -0.15) is 0 Å². The number of nitrogens with two attached hydrogens (primary N) is 1. The summed E-state index contributed by atoms with van der Waals surface area (Å²) in [5.74, 6) is 5.60. The smallest absolute Gasteiger partial charge is 0.206 e. The molecule has 0 radical (unpaired) electrons. The summed E-state index contributed by atoms with van der Waals surface area (Å²) in [5, 5.41) is 3.05. The lowest BCUT2D eigenvalue weighted by Gasteiger charge is -2.08. The van der Waals surface area contributed by atoms with Gasteiger partial charge < -0.3 is 10.1 Å². The van der Waals surface area contributed by atoms with Gasteiger partial charge in [-0.1, -0.05) is 12.1 Å². The summed E-state index contributed by atoms with van der Waals surface area (Å²) in [4.78, 5) is 4.25. The Hall–Kier alpha value is -1.66. The Morgan fingerprint density at radius 1 is 1.39 bits per heavy atom. The molecular formula is C12H19FN4O. The minimum Gasteiger partial charge on any atom is -0.385 e. The van der Waals surface area contributed by atoms with Crippen molar-refractivity contribution in [1.82, 2.24) is 10.7 Å². The van der Waals surface area contributed by atoms with Crippen molar-refractivity contribution in [2.75, 3.05) is 20.3 Å². The second-order valence-corrected chi connectivity index (χ2v) is 3.71. The predicted octanol–water partition coefficient (Wildman–Crippen LogP) is 0.771. The topological polar surface area (TPSA) is 71.7 Å². The van der Waals surface area contributed by atoms with Crippen molar-refractivity contribution in [2.45, 2.75) is 13.0 Å². The number of rotatable bonds is 6. The van der Waals surface area contributed by atoms with Crippen molar-refractivity contribution in [1.29, 1.82) is 0 Å². The summed E-state index contributed by atoms with van der Waals surface area (Å²) in [7, 11) is 1.66. The highest BCUT2D eigenvalue weighted by molar-refractivity contribution is 5.79. The van der Waals surface area contributed by atoms with Crippen LogP contribution in [0.4, 0.5) is 4.39 Å². The maximum Gasteiger partial charge on any atom is 0.206 e. The number of hydrogen-bond acceptors (Lipinski definition) is 3. The SMILES string of the molecule is COCCCNC(=NCc1ccc(F)cc1)NN. The number of guanidine groups is 1. The van der Waals surface area contributed by atoms with Crippen molar-refractivity contribution in [2.24, 2.45) is 10.8 Å². The van der Waals surface area contributed by atoms with Crippen LogP contribution in [0, 0.1) is 5.82 Å². The van der Waals surface area contributed by atoms with Crippen LogP contribution in [0.25, 0.3) is 0 Å². The third-order valence-corrected chi connectivity index (χ3v) is 2.29. The van der Waals surface area contributed by atoms with E-state index in [2.05, 4.69) is 15.7 Å². The van der Waals surface area contributed by atoms with E-state index in [9.17, 15) is 4.39 Å². The summed E-state index contributed by atoms with van der Waals surface area (Å²) in [6.07, 6.45) is 0.869. The van der Waals surface area contributed by atoms with E-state index in [-0.39, 0.29) is 5.82 Å². The number of benzene rings is 1. The van der Waals surface area contributed by atoms with Gasteiger partial charge in [-0.3, -0.25) is 5.43 Å². The molecule has 0 aliphatic carbocycles. The number of nitrogens with one attached hydrogen (secondary N) is 2. The van der Waals surface area contributed by atoms with Gasteiger partial charge in [0.05, 0.1) is 6.54 Å².